The normalized spacial score (nSPS) is 22.7. The maximum Gasteiger partial charge on any atom is 0.150 e. The second kappa shape index (κ2) is 3.46. The molecule has 1 aromatic rings. The van der Waals surface area contributed by atoms with Crippen LogP contribution in [0.3, 0.4) is 0 Å². The molecule has 0 radical (unpaired) electrons. The minimum absolute atomic E-state index is 0.237. The number of rotatable bonds is 1. The Bertz CT molecular complexity index is 535. The molecule has 0 fully saturated rings. The molecule has 0 N–H and O–H groups in total. The van der Waals surface area contributed by atoms with E-state index in [4.69, 9.17) is 0 Å². The molecule has 1 nitrogen and oxygen atoms in total. The Labute approximate surface area is 110 Å². The highest BCUT2D eigenvalue weighted by atomic mass is 16.1. The fourth-order valence-corrected chi connectivity index (χ4v) is 3.98. The van der Waals surface area contributed by atoms with Gasteiger partial charge in [0.05, 0.1) is 0 Å². The van der Waals surface area contributed by atoms with Crippen LogP contribution in [0.25, 0.3) is 0 Å². The van der Waals surface area contributed by atoms with E-state index < -0.39 is 0 Å². The summed E-state index contributed by atoms with van der Waals surface area (Å²) in [6.07, 6.45) is 5.72. The van der Waals surface area contributed by atoms with Crippen molar-refractivity contribution in [3.63, 3.8) is 0 Å². The first-order chi connectivity index (χ1) is 8.37. The second-order valence-corrected chi connectivity index (χ2v) is 7.23. The summed E-state index contributed by atoms with van der Waals surface area (Å²) in [5.41, 5.74) is 7.27. The fourth-order valence-electron chi connectivity index (χ4n) is 3.98. The van der Waals surface area contributed by atoms with E-state index in [1.807, 2.05) is 0 Å². The number of aldehydes is 1. The predicted molar refractivity (Wildman–Crippen MR) is 74.5 cm³/mol. The molecule has 96 valence electrons. The van der Waals surface area contributed by atoms with Gasteiger partial charge in [-0.15, -0.1) is 0 Å². The zero-order valence-electron chi connectivity index (χ0n) is 11.9. The molecule has 0 unspecified atom stereocenters. The summed E-state index contributed by atoms with van der Waals surface area (Å²) in [7, 11) is 0. The molecule has 0 saturated heterocycles. The SMILES string of the molecule is CC1(C)CCc2c1cc(C=O)c1c2C(C)(C)CC1. The highest BCUT2D eigenvalue weighted by Gasteiger charge is 2.40. The summed E-state index contributed by atoms with van der Waals surface area (Å²) < 4.78 is 0. The molecular weight excluding hydrogens is 220 g/mol. The topological polar surface area (TPSA) is 17.1 Å². The molecule has 0 spiro atoms. The molecule has 0 atom stereocenters. The molecule has 2 aliphatic rings. The first-order valence-electron chi connectivity index (χ1n) is 7.02. The van der Waals surface area contributed by atoms with E-state index in [1.165, 1.54) is 36.0 Å². The van der Waals surface area contributed by atoms with Crippen molar-refractivity contribution >= 4 is 6.29 Å². The molecule has 1 aromatic carbocycles. The van der Waals surface area contributed by atoms with Gasteiger partial charge in [-0.1, -0.05) is 27.7 Å². The number of carbonyl (C=O) groups is 1. The average molecular weight is 242 g/mol. The summed E-state index contributed by atoms with van der Waals surface area (Å²) in [5.74, 6) is 0. The van der Waals surface area contributed by atoms with Crippen LogP contribution in [0.5, 0.6) is 0 Å². The van der Waals surface area contributed by atoms with Crippen LogP contribution in [-0.2, 0) is 23.7 Å². The van der Waals surface area contributed by atoms with E-state index >= 15 is 0 Å². The van der Waals surface area contributed by atoms with E-state index in [1.54, 1.807) is 5.56 Å². The molecule has 0 bridgehead atoms. The Kier molecular flexibility index (Phi) is 2.30. The van der Waals surface area contributed by atoms with Crippen LogP contribution < -0.4 is 0 Å². The molecule has 2 aliphatic carbocycles. The quantitative estimate of drug-likeness (QED) is 0.682. The van der Waals surface area contributed by atoms with Gasteiger partial charge in [0.15, 0.2) is 0 Å². The van der Waals surface area contributed by atoms with Crippen LogP contribution in [0.4, 0.5) is 0 Å². The number of carbonyl (C=O) groups excluding carboxylic acids is 1. The molecule has 3 rings (SSSR count). The van der Waals surface area contributed by atoms with Gasteiger partial charge in [0.2, 0.25) is 0 Å². The van der Waals surface area contributed by atoms with Gasteiger partial charge in [-0.3, -0.25) is 4.79 Å². The van der Waals surface area contributed by atoms with Crippen molar-refractivity contribution < 1.29 is 4.79 Å². The van der Waals surface area contributed by atoms with Crippen LogP contribution in [0.2, 0.25) is 0 Å². The number of fused-ring (bicyclic) bond motifs is 3. The van der Waals surface area contributed by atoms with Gasteiger partial charge >= 0.3 is 0 Å². The van der Waals surface area contributed by atoms with Crippen molar-refractivity contribution in [2.75, 3.05) is 0 Å². The Hall–Kier alpha value is -1.11. The van der Waals surface area contributed by atoms with E-state index in [9.17, 15) is 4.79 Å². The van der Waals surface area contributed by atoms with Gasteiger partial charge in [-0.25, -0.2) is 0 Å². The minimum Gasteiger partial charge on any atom is -0.298 e. The lowest BCUT2D eigenvalue weighted by molar-refractivity contribution is 0.112. The minimum atomic E-state index is 0.237. The zero-order chi connectivity index (χ0) is 13.1. The molecule has 18 heavy (non-hydrogen) atoms. The van der Waals surface area contributed by atoms with Gasteiger partial charge in [0, 0.05) is 5.56 Å². The first kappa shape index (κ1) is 12.0. The van der Waals surface area contributed by atoms with Gasteiger partial charge in [0.25, 0.3) is 0 Å². The molecule has 0 amide bonds. The van der Waals surface area contributed by atoms with Crippen molar-refractivity contribution in [3.8, 4) is 0 Å². The van der Waals surface area contributed by atoms with Crippen LogP contribution >= 0.6 is 0 Å². The summed E-state index contributed by atoms with van der Waals surface area (Å²) in [6, 6.07) is 2.18. The van der Waals surface area contributed by atoms with Crippen molar-refractivity contribution in [3.05, 3.63) is 33.9 Å². The van der Waals surface area contributed by atoms with Crippen LogP contribution in [-0.4, -0.2) is 6.29 Å². The van der Waals surface area contributed by atoms with Gasteiger partial charge < -0.3 is 0 Å². The maximum atomic E-state index is 11.4. The highest BCUT2D eigenvalue weighted by molar-refractivity contribution is 5.80. The number of benzene rings is 1. The van der Waals surface area contributed by atoms with E-state index in [0.29, 0.717) is 0 Å². The van der Waals surface area contributed by atoms with E-state index in [2.05, 4.69) is 33.8 Å². The summed E-state index contributed by atoms with van der Waals surface area (Å²) in [4.78, 5) is 11.4. The van der Waals surface area contributed by atoms with Crippen molar-refractivity contribution in [1.29, 1.82) is 0 Å². The second-order valence-electron chi connectivity index (χ2n) is 7.23. The number of hydrogen-bond acceptors (Lipinski definition) is 1. The Morgan fingerprint density at radius 3 is 2.28 bits per heavy atom. The molecule has 0 saturated carbocycles. The fraction of sp³-hybridized carbons (Fsp3) is 0.588. The van der Waals surface area contributed by atoms with E-state index in [-0.39, 0.29) is 10.8 Å². The van der Waals surface area contributed by atoms with E-state index in [0.717, 1.165) is 18.3 Å². The van der Waals surface area contributed by atoms with Crippen molar-refractivity contribution in [2.24, 2.45) is 0 Å². The molecular formula is C17H22O. The van der Waals surface area contributed by atoms with Crippen LogP contribution in [0.15, 0.2) is 6.07 Å². The maximum absolute atomic E-state index is 11.4. The smallest absolute Gasteiger partial charge is 0.150 e. The third-order valence-electron chi connectivity index (χ3n) is 5.11. The predicted octanol–water partition coefficient (Wildman–Crippen LogP) is 3.95. The Morgan fingerprint density at radius 1 is 1.00 bits per heavy atom. The lowest BCUT2D eigenvalue weighted by atomic mass is 9.79. The zero-order valence-corrected chi connectivity index (χ0v) is 11.9. The van der Waals surface area contributed by atoms with Crippen LogP contribution in [0.1, 0.15) is 73.1 Å². The third-order valence-corrected chi connectivity index (χ3v) is 5.11. The third kappa shape index (κ3) is 1.43. The lowest BCUT2D eigenvalue weighted by Gasteiger charge is -2.25. The van der Waals surface area contributed by atoms with Gasteiger partial charge in [-0.2, -0.15) is 0 Å². The summed E-state index contributed by atoms with van der Waals surface area (Å²) >= 11 is 0. The monoisotopic (exact) mass is 242 g/mol. The highest BCUT2D eigenvalue weighted by Crippen LogP contribution is 2.49. The molecule has 0 aromatic heterocycles. The standard InChI is InChI=1S/C17H22O/c1-16(2)7-6-13-14(16)9-11(10-18)12-5-8-17(3,4)15(12)13/h9-10H,5-8H2,1-4H3. The first-order valence-corrected chi connectivity index (χ1v) is 7.02. The average Bonchev–Trinajstić information content (AvgIpc) is 2.77. The van der Waals surface area contributed by atoms with Crippen LogP contribution in [0, 0.1) is 0 Å². The van der Waals surface area contributed by atoms with Gasteiger partial charge in [0.1, 0.15) is 6.29 Å². The Morgan fingerprint density at radius 2 is 1.61 bits per heavy atom. The largest absolute Gasteiger partial charge is 0.298 e. The Balaban J connectivity index is 2.35. The van der Waals surface area contributed by atoms with Gasteiger partial charge in [-0.05, 0) is 64.8 Å². The molecule has 0 aliphatic heterocycles. The number of hydrogen-bond donors (Lipinski definition) is 0. The van der Waals surface area contributed by atoms with Crippen molar-refractivity contribution in [1.82, 2.24) is 0 Å². The van der Waals surface area contributed by atoms with Crippen molar-refractivity contribution in [2.45, 2.75) is 64.2 Å². The summed E-state index contributed by atoms with van der Waals surface area (Å²) in [6.45, 7) is 9.28. The lowest BCUT2D eigenvalue weighted by Crippen LogP contribution is -2.17. The summed E-state index contributed by atoms with van der Waals surface area (Å²) in [5, 5.41) is 0. The molecule has 1 heteroatoms. The molecule has 0 heterocycles.